The van der Waals surface area contributed by atoms with E-state index in [9.17, 15) is 0 Å². The monoisotopic (exact) mass is 671 g/mol. The Balaban J connectivity index is 1.53. The topological polar surface area (TPSA) is 113 Å². The smallest absolute Gasteiger partial charge is 0.0738 e. The van der Waals surface area contributed by atoms with E-state index < -0.39 is 0 Å². The van der Waals surface area contributed by atoms with Crippen molar-refractivity contribution in [2.24, 2.45) is 0 Å². The van der Waals surface area contributed by atoms with E-state index >= 15 is 0 Å². The van der Waals surface area contributed by atoms with Crippen molar-refractivity contribution in [1.82, 2.24) is 19.0 Å². The molecule has 4 bridgehead atoms. The molecule has 2 aliphatic rings. The van der Waals surface area contributed by atoms with Gasteiger partial charge < -0.3 is 17.2 Å². The fourth-order valence-corrected chi connectivity index (χ4v) is 7.70. The van der Waals surface area contributed by atoms with Crippen LogP contribution >= 0.6 is 0 Å². The SMILES string of the molecule is Cc1ccc(-c2c3nc(c(-c4ccc(N)cc4)c4ccc5c(-c6ccc(N)cc6)c6nc(c(-c7ccc(N)cc7)c7ccc2n7n45)C=C6)C=C3)cc1. The van der Waals surface area contributed by atoms with Crippen LogP contribution in [-0.2, 0) is 0 Å². The highest BCUT2D eigenvalue weighted by atomic mass is 15.3. The molecule has 0 unspecified atom stereocenters. The van der Waals surface area contributed by atoms with E-state index in [1.807, 2.05) is 36.4 Å². The van der Waals surface area contributed by atoms with Crippen LogP contribution in [0.15, 0.2) is 121 Å². The summed E-state index contributed by atoms with van der Waals surface area (Å²) in [6, 6.07) is 41.7. The molecular weight excluding hydrogens is 639 g/mol. The molecule has 8 aromatic rings. The third kappa shape index (κ3) is 4.53. The Morgan fingerprint density at radius 1 is 0.346 bits per heavy atom. The van der Waals surface area contributed by atoms with Crippen LogP contribution in [0.5, 0.6) is 0 Å². The predicted molar refractivity (Wildman–Crippen MR) is 217 cm³/mol. The van der Waals surface area contributed by atoms with Gasteiger partial charge in [-0.15, -0.1) is 0 Å². The lowest BCUT2D eigenvalue weighted by atomic mass is 10.0. The van der Waals surface area contributed by atoms with E-state index in [2.05, 4.69) is 125 Å². The zero-order valence-corrected chi connectivity index (χ0v) is 28.4. The number of nitrogens with zero attached hydrogens (tertiary/aromatic N) is 4. The quantitative estimate of drug-likeness (QED) is 0.161. The number of hydrogen-bond acceptors (Lipinski definition) is 5. The minimum Gasteiger partial charge on any atom is -0.399 e. The van der Waals surface area contributed by atoms with E-state index in [0.29, 0.717) is 17.1 Å². The molecule has 10 rings (SSSR count). The van der Waals surface area contributed by atoms with Gasteiger partial charge in [0.15, 0.2) is 0 Å². The van der Waals surface area contributed by atoms with Crippen LogP contribution in [0.2, 0.25) is 0 Å². The lowest BCUT2D eigenvalue weighted by Gasteiger charge is -2.13. The first kappa shape index (κ1) is 29.8. The van der Waals surface area contributed by atoms with E-state index in [-0.39, 0.29) is 0 Å². The molecular formula is C45H33N7. The molecule has 0 aliphatic carbocycles. The molecule has 4 aromatic carbocycles. The molecule has 7 nitrogen and oxygen atoms in total. The zero-order valence-electron chi connectivity index (χ0n) is 28.4. The number of benzene rings is 4. The fraction of sp³-hybridized carbons (Fsp3) is 0.0222. The Bertz CT molecular complexity index is 2500. The summed E-state index contributed by atoms with van der Waals surface area (Å²) in [5.41, 5.74) is 37.6. The van der Waals surface area contributed by atoms with Gasteiger partial charge in [0.1, 0.15) is 0 Å². The summed E-state index contributed by atoms with van der Waals surface area (Å²) in [6.45, 7) is 2.11. The second kappa shape index (κ2) is 11.2. The number of anilines is 3. The number of aromatic nitrogens is 4. The average molecular weight is 672 g/mol. The lowest BCUT2D eigenvalue weighted by molar-refractivity contribution is 0.929. The molecule has 0 radical (unpaired) electrons. The third-order valence-electron chi connectivity index (χ3n) is 10.2. The highest BCUT2D eigenvalue weighted by molar-refractivity contribution is 6.02. The van der Waals surface area contributed by atoms with Crippen LogP contribution in [0.3, 0.4) is 0 Å². The standard InChI is InChI=1S/C45H33N7/c1-26-2-4-27(5-3-26)42-34-18-19-35(49-34)43(28-6-12-31(46)13-7-28)40-24-25-41-45(30-10-16-33(48)17-11-30)37-21-20-36(50-37)44(29-8-14-32(47)15-9-29)39-23-22-38(42)51(39)52(40)41/h2-25H,46-48H2,1H3. The maximum atomic E-state index is 6.23. The zero-order chi connectivity index (χ0) is 35.1. The van der Waals surface area contributed by atoms with Gasteiger partial charge in [-0.05, 0) is 114 Å². The number of nitrogen functional groups attached to an aromatic ring is 3. The average Bonchev–Trinajstić information content (AvgIpc) is 3.98. The molecule has 0 spiro atoms. The predicted octanol–water partition coefficient (Wildman–Crippen LogP) is 9.95. The van der Waals surface area contributed by atoms with Gasteiger partial charge in [-0.1, -0.05) is 66.2 Å². The van der Waals surface area contributed by atoms with Gasteiger partial charge in [0, 0.05) is 39.3 Å². The van der Waals surface area contributed by atoms with Crippen molar-refractivity contribution in [3.05, 3.63) is 150 Å². The van der Waals surface area contributed by atoms with Crippen molar-refractivity contribution in [2.75, 3.05) is 17.2 Å². The first-order valence-electron chi connectivity index (χ1n) is 17.3. The second-order valence-electron chi connectivity index (χ2n) is 13.5. The minimum absolute atomic E-state index is 0.702. The van der Waals surface area contributed by atoms with Crippen LogP contribution in [0, 0.1) is 6.92 Å². The Morgan fingerprint density at radius 2 is 0.596 bits per heavy atom. The van der Waals surface area contributed by atoms with E-state index in [0.717, 1.165) is 89.4 Å². The lowest BCUT2D eigenvalue weighted by Crippen LogP contribution is -2.02. The molecule has 6 N–H and O–H groups in total. The van der Waals surface area contributed by atoms with E-state index in [4.69, 9.17) is 27.2 Å². The Labute approximate surface area is 299 Å². The Kier molecular flexibility index (Phi) is 6.41. The van der Waals surface area contributed by atoms with Gasteiger partial charge >= 0.3 is 0 Å². The van der Waals surface area contributed by atoms with Crippen molar-refractivity contribution in [3.8, 4) is 44.5 Å². The fourth-order valence-electron chi connectivity index (χ4n) is 7.70. The van der Waals surface area contributed by atoms with Crippen molar-refractivity contribution in [1.29, 1.82) is 0 Å². The summed E-state index contributed by atoms with van der Waals surface area (Å²) in [6.07, 6.45) is 8.50. The summed E-state index contributed by atoms with van der Waals surface area (Å²) in [5, 5.41) is 0. The first-order valence-corrected chi connectivity index (χ1v) is 17.3. The van der Waals surface area contributed by atoms with Crippen LogP contribution in [-0.4, -0.2) is 19.0 Å². The number of rotatable bonds is 4. The number of nitrogens with two attached hydrogens (primary N) is 3. The number of fused-ring (bicyclic) bond motifs is 4. The maximum Gasteiger partial charge on any atom is 0.0738 e. The molecule has 0 amide bonds. The number of aryl methyl sites for hydroxylation is 1. The molecule has 4 aromatic heterocycles. The molecule has 0 atom stereocenters. The van der Waals surface area contributed by atoms with Crippen LogP contribution in [0.4, 0.5) is 17.1 Å². The van der Waals surface area contributed by atoms with Gasteiger partial charge in [-0.2, -0.15) is 0 Å². The molecule has 0 saturated heterocycles. The summed E-state index contributed by atoms with van der Waals surface area (Å²) >= 11 is 0. The molecule has 7 heteroatoms. The maximum absolute atomic E-state index is 6.23. The van der Waals surface area contributed by atoms with Gasteiger partial charge in [0.2, 0.25) is 0 Å². The van der Waals surface area contributed by atoms with Crippen LogP contribution < -0.4 is 17.2 Å². The molecule has 0 fully saturated rings. The van der Waals surface area contributed by atoms with Crippen molar-refractivity contribution in [3.63, 3.8) is 0 Å². The van der Waals surface area contributed by atoms with Gasteiger partial charge in [0.05, 0.1) is 44.8 Å². The summed E-state index contributed by atoms with van der Waals surface area (Å²) in [4.78, 5) is 10.8. The molecule has 0 saturated carbocycles. The Hall–Kier alpha value is -7.12. The van der Waals surface area contributed by atoms with E-state index in [1.54, 1.807) is 0 Å². The first-order chi connectivity index (χ1) is 25.4. The Morgan fingerprint density at radius 3 is 0.865 bits per heavy atom. The molecule has 248 valence electrons. The summed E-state index contributed by atoms with van der Waals surface area (Å²) in [5.74, 6) is 0. The molecule has 52 heavy (non-hydrogen) atoms. The second-order valence-corrected chi connectivity index (χ2v) is 13.5. The highest BCUT2D eigenvalue weighted by Crippen LogP contribution is 2.42. The van der Waals surface area contributed by atoms with Crippen molar-refractivity contribution >= 4 is 63.4 Å². The summed E-state index contributed by atoms with van der Waals surface area (Å²) < 4.78 is 4.71. The minimum atomic E-state index is 0.702. The van der Waals surface area contributed by atoms with Gasteiger partial charge in [0.25, 0.3) is 0 Å². The van der Waals surface area contributed by atoms with Gasteiger partial charge in [-0.25, -0.2) is 19.0 Å². The van der Waals surface area contributed by atoms with Gasteiger partial charge in [-0.3, -0.25) is 0 Å². The van der Waals surface area contributed by atoms with Crippen LogP contribution in [0.25, 0.3) is 90.9 Å². The highest BCUT2D eigenvalue weighted by Gasteiger charge is 2.24. The van der Waals surface area contributed by atoms with E-state index in [1.165, 1.54) is 5.56 Å². The third-order valence-corrected chi connectivity index (χ3v) is 10.2. The number of hydrogen-bond donors (Lipinski definition) is 3. The van der Waals surface area contributed by atoms with Crippen LogP contribution in [0.1, 0.15) is 28.3 Å². The normalized spacial score (nSPS) is 12.4. The molecule has 6 heterocycles. The summed E-state index contributed by atoms with van der Waals surface area (Å²) in [7, 11) is 0. The largest absolute Gasteiger partial charge is 0.399 e. The van der Waals surface area contributed by atoms with Crippen molar-refractivity contribution in [2.45, 2.75) is 6.92 Å². The molecule has 2 aliphatic heterocycles. The van der Waals surface area contributed by atoms with Crippen molar-refractivity contribution < 1.29 is 0 Å².